The average molecular weight is 500 g/mol. The Morgan fingerprint density at radius 1 is 1.21 bits per heavy atom. The van der Waals surface area contributed by atoms with E-state index in [-0.39, 0.29) is 30.1 Å². The van der Waals surface area contributed by atoms with Gasteiger partial charge in [-0.2, -0.15) is 0 Å². The average Bonchev–Trinajstić information content (AvgIpc) is 3.03. The Labute approximate surface area is 182 Å². The van der Waals surface area contributed by atoms with E-state index in [2.05, 4.69) is 9.98 Å². The van der Waals surface area contributed by atoms with Crippen molar-refractivity contribution in [2.24, 2.45) is 10.7 Å². The van der Waals surface area contributed by atoms with Gasteiger partial charge < -0.3 is 24.7 Å². The zero-order valence-corrected chi connectivity index (χ0v) is 19.2. The van der Waals surface area contributed by atoms with Gasteiger partial charge >= 0.3 is 6.09 Å². The van der Waals surface area contributed by atoms with Crippen LogP contribution in [0.2, 0.25) is 0 Å². The molecule has 0 aromatic carbocycles. The van der Waals surface area contributed by atoms with Gasteiger partial charge in [0.05, 0.1) is 12.2 Å². The highest BCUT2D eigenvalue weighted by molar-refractivity contribution is 14.0. The van der Waals surface area contributed by atoms with Gasteiger partial charge in [-0.05, 0) is 39.8 Å². The number of pyridine rings is 1. The van der Waals surface area contributed by atoms with Crippen molar-refractivity contribution >= 4 is 41.7 Å². The van der Waals surface area contributed by atoms with Crippen LogP contribution in [0.5, 0.6) is 0 Å². The van der Waals surface area contributed by atoms with E-state index in [4.69, 9.17) is 10.5 Å². The van der Waals surface area contributed by atoms with Crippen LogP contribution in [0.15, 0.2) is 29.4 Å². The monoisotopic (exact) mass is 500 g/mol. The van der Waals surface area contributed by atoms with Gasteiger partial charge in [-0.3, -0.25) is 0 Å². The fourth-order valence-corrected chi connectivity index (χ4v) is 2.98. The highest BCUT2D eigenvalue weighted by Gasteiger charge is 2.26. The highest BCUT2D eigenvalue weighted by atomic mass is 127. The summed E-state index contributed by atoms with van der Waals surface area (Å²) in [7, 11) is 0. The minimum absolute atomic E-state index is 0. The zero-order valence-electron chi connectivity index (χ0n) is 16.9. The van der Waals surface area contributed by atoms with Crippen molar-refractivity contribution in [2.75, 3.05) is 26.2 Å². The van der Waals surface area contributed by atoms with Gasteiger partial charge in [-0.1, -0.05) is 6.07 Å². The Hall–Kier alpha value is -2.04. The Balaban J connectivity index is 0.00000280. The van der Waals surface area contributed by atoms with Gasteiger partial charge in [0.2, 0.25) is 0 Å². The number of rotatable bonds is 2. The second kappa shape index (κ2) is 8.97. The second-order valence-corrected chi connectivity index (χ2v) is 7.76. The quantitative estimate of drug-likeness (QED) is 0.389. The molecule has 1 aliphatic rings. The minimum Gasteiger partial charge on any atom is -0.444 e. The summed E-state index contributed by atoms with van der Waals surface area (Å²) in [5.41, 5.74) is 8.57. The Morgan fingerprint density at radius 3 is 2.46 bits per heavy atom. The molecular weight excluding hydrogens is 471 g/mol. The number of carbonyl (C=O) groups is 1. The molecule has 3 rings (SSSR count). The number of nitrogens with zero attached hydrogens (tertiary/aromatic N) is 5. The predicted molar refractivity (Wildman–Crippen MR) is 120 cm³/mol. The molecule has 0 radical (unpaired) electrons. The fraction of sp³-hybridized carbons (Fsp3) is 0.526. The number of hydrogen-bond donors (Lipinski definition) is 1. The molecule has 0 spiro atoms. The molecule has 9 heteroatoms. The summed E-state index contributed by atoms with van der Waals surface area (Å²) in [6.07, 6.45) is 1.71. The first-order valence-corrected chi connectivity index (χ1v) is 9.19. The molecule has 3 heterocycles. The number of amides is 1. The molecule has 0 aliphatic carbocycles. The van der Waals surface area contributed by atoms with Crippen LogP contribution in [0.4, 0.5) is 4.79 Å². The first-order chi connectivity index (χ1) is 12.7. The standard InChI is InChI=1S/C19H28N6O2.HI/c1-14-6-5-7-16-22-15(13-25(14)16)12-21-17(20)23-8-10-24(11-9-23)18(26)27-19(2,3)4;/h5-7,13H,8-12H2,1-4H3,(H2,20,21);1H. The molecule has 0 unspecified atom stereocenters. The number of ether oxygens (including phenoxy) is 1. The van der Waals surface area contributed by atoms with Crippen LogP contribution >= 0.6 is 24.0 Å². The van der Waals surface area contributed by atoms with Gasteiger partial charge in [0.25, 0.3) is 0 Å². The summed E-state index contributed by atoms with van der Waals surface area (Å²) in [4.78, 5) is 24.9. The van der Waals surface area contributed by atoms with Crippen molar-refractivity contribution in [1.29, 1.82) is 0 Å². The maximum Gasteiger partial charge on any atom is 0.410 e. The molecule has 8 nitrogen and oxygen atoms in total. The van der Waals surface area contributed by atoms with Gasteiger partial charge in [0.15, 0.2) is 5.96 Å². The lowest BCUT2D eigenvalue weighted by atomic mass is 10.2. The lowest BCUT2D eigenvalue weighted by Gasteiger charge is -2.36. The maximum absolute atomic E-state index is 12.1. The molecular formula is C19H29IN6O2. The van der Waals surface area contributed by atoms with Crippen molar-refractivity contribution in [1.82, 2.24) is 19.2 Å². The summed E-state index contributed by atoms with van der Waals surface area (Å²) in [6, 6.07) is 6.00. The molecule has 0 bridgehead atoms. The van der Waals surface area contributed by atoms with E-state index in [9.17, 15) is 4.79 Å². The lowest BCUT2D eigenvalue weighted by Crippen LogP contribution is -2.53. The van der Waals surface area contributed by atoms with Crippen LogP contribution in [-0.4, -0.2) is 63.0 Å². The zero-order chi connectivity index (χ0) is 19.6. The van der Waals surface area contributed by atoms with Crippen LogP contribution in [0.1, 0.15) is 32.2 Å². The summed E-state index contributed by atoms with van der Waals surface area (Å²) in [6.45, 7) is 10.5. The van der Waals surface area contributed by atoms with E-state index in [1.165, 1.54) is 0 Å². The number of hydrogen-bond acceptors (Lipinski definition) is 4. The number of aromatic nitrogens is 2. The Bertz CT molecular complexity index is 850. The number of imidazole rings is 1. The molecule has 2 aromatic heterocycles. The number of piperazine rings is 1. The summed E-state index contributed by atoms with van der Waals surface area (Å²) < 4.78 is 7.46. The maximum atomic E-state index is 12.1. The summed E-state index contributed by atoms with van der Waals surface area (Å²) >= 11 is 0. The molecule has 154 valence electrons. The first kappa shape index (κ1) is 22.3. The third kappa shape index (κ3) is 5.49. The number of aliphatic imine (C=N–C) groups is 1. The van der Waals surface area contributed by atoms with E-state index in [1.54, 1.807) is 4.90 Å². The molecule has 0 saturated carbocycles. The topological polar surface area (TPSA) is 88.5 Å². The van der Waals surface area contributed by atoms with Gasteiger partial charge in [-0.25, -0.2) is 14.8 Å². The number of carbonyl (C=O) groups excluding carboxylic acids is 1. The molecule has 0 atom stereocenters. The van der Waals surface area contributed by atoms with Crippen molar-refractivity contribution in [3.8, 4) is 0 Å². The number of guanidine groups is 1. The van der Waals surface area contributed by atoms with Crippen molar-refractivity contribution in [2.45, 2.75) is 39.8 Å². The van der Waals surface area contributed by atoms with Crippen LogP contribution in [0, 0.1) is 6.92 Å². The predicted octanol–water partition coefficient (Wildman–Crippen LogP) is 2.63. The van der Waals surface area contributed by atoms with Crippen LogP contribution in [0.25, 0.3) is 5.65 Å². The number of fused-ring (bicyclic) bond motifs is 1. The smallest absolute Gasteiger partial charge is 0.410 e. The van der Waals surface area contributed by atoms with Gasteiger partial charge in [-0.15, -0.1) is 24.0 Å². The van der Waals surface area contributed by atoms with E-state index in [1.807, 2.05) is 61.4 Å². The lowest BCUT2D eigenvalue weighted by molar-refractivity contribution is 0.0186. The Kier molecular flexibility index (Phi) is 7.13. The van der Waals surface area contributed by atoms with E-state index in [0.717, 1.165) is 17.0 Å². The largest absolute Gasteiger partial charge is 0.444 e. The fourth-order valence-electron chi connectivity index (χ4n) is 2.98. The van der Waals surface area contributed by atoms with Gasteiger partial charge in [0, 0.05) is 38.1 Å². The van der Waals surface area contributed by atoms with E-state index < -0.39 is 5.60 Å². The van der Waals surface area contributed by atoms with Crippen molar-refractivity contribution in [3.63, 3.8) is 0 Å². The molecule has 28 heavy (non-hydrogen) atoms. The highest BCUT2D eigenvalue weighted by Crippen LogP contribution is 2.12. The van der Waals surface area contributed by atoms with Crippen LogP contribution in [-0.2, 0) is 11.3 Å². The summed E-state index contributed by atoms with van der Waals surface area (Å²) in [5.74, 6) is 0.479. The number of halogens is 1. The van der Waals surface area contributed by atoms with E-state index in [0.29, 0.717) is 38.7 Å². The minimum atomic E-state index is -0.485. The second-order valence-electron chi connectivity index (χ2n) is 7.76. The number of nitrogens with two attached hydrogens (primary N) is 1. The molecule has 1 fully saturated rings. The third-order valence-corrected chi connectivity index (χ3v) is 4.40. The number of aryl methyl sites for hydroxylation is 1. The molecule has 2 aromatic rings. The molecule has 1 aliphatic heterocycles. The SMILES string of the molecule is Cc1cccc2nc(CN=C(N)N3CCN(C(=O)OC(C)(C)C)CC3)cn12.I. The van der Waals surface area contributed by atoms with Gasteiger partial charge in [0.1, 0.15) is 11.2 Å². The normalized spacial score (nSPS) is 15.5. The molecule has 1 saturated heterocycles. The first-order valence-electron chi connectivity index (χ1n) is 9.19. The van der Waals surface area contributed by atoms with Crippen molar-refractivity contribution < 1.29 is 9.53 Å². The van der Waals surface area contributed by atoms with Crippen LogP contribution in [0.3, 0.4) is 0 Å². The molecule has 2 N–H and O–H groups in total. The van der Waals surface area contributed by atoms with Crippen LogP contribution < -0.4 is 5.73 Å². The van der Waals surface area contributed by atoms with Crippen molar-refractivity contribution in [3.05, 3.63) is 35.8 Å². The Morgan fingerprint density at radius 2 is 1.86 bits per heavy atom. The third-order valence-electron chi connectivity index (χ3n) is 4.40. The van der Waals surface area contributed by atoms with E-state index >= 15 is 0 Å². The summed E-state index contributed by atoms with van der Waals surface area (Å²) in [5, 5.41) is 0. The molecule has 1 amide bonds.